The lowest BCUT2D eigenvalue weighted by Gasteiger charge is -2.30. The second-order valence-electron chi connectivity index (χ2n) is 7.38. The van der Waals surface area contributed by atoms with Crippen molar-refractivity contribution in [3.8, 4) is 0 Å². The predicted molar refractivity (Wildman–Crippen MR) is 103 cm³/mol. The molecule has 3 heterocycles. The number of H-pyrrole nitrogens is 1. The van der Waals surface area contributed by atoms with Crippen molar-refractivity contribution >= 4 is 11.8 Å². The van der Waals surface area contributed by atoms with Crippen LogP contribution in [0.1, 0.15) is 18.9 Å². The molecule has 27 heavy (non-hydrogen) atoms. The molecule has 2 aliphatic heterocycles. The molecule has 2 aromatic rings. The molecule has 1 N–H and O–H groups in total. The van der Waals surface area contributed by atoms with Crippen molar-refractivity contribution in [3.63, 3.8) is 0 Å². The van der Waals surface area contributed by atoms with Crippen LogP contribution in [-0.2, 0) is 11.2 Å². The van der Waals surface area contributed by atoms with E-state index in [2.05, 4.69) is 21.7 Å². The minimum absolute atomic E-state index is 0.137. The Morgan fingerprint density at radius 1 is 1.22 bits per heavy atom. The minimum Gasteiger partial charge on any atom is -0.378 e. The fourth-order valence-electron chi connectivity index (χ4n) is 3.97. The van der Waals surface area contributed by atoms with Gasteiger partial charge in [0, 0.05) is 31.7 Å². The molecule has 7 heteroatoms. The monoisotopic (exact) mass is 372 g/mol. The number of hydrogen-bond donors (Lipinski definition) is 1. The maximum absolute atomic E-state index is 13.2. The van der Waals surface area contributed by atoms with E-state index < -0.39 is 0 Å². The highest BCUT2D eigenvalue weighted by atomic mass is 19.1. The van der Waals surface area contributed by atoms with Crippen LogP contribution in [0.5, 0.6) is 0 Å². The number of anilines is 2. The third-order valence-electron chi connectivity index (χ3n) is 5.56. The lowest BCUT2D eigenvalue weighted by molar-refractivity contribution is 0.122. The quantitative estimate of drug-likeness (QED) is 0.892. The zero-order chi connectivity index (χ0) is 18.8. The molecular weight excluding hydrogens is 347 g/mol. The van der Waals surface area contributed by atoms with Gasteiger partial charge in [-0.2, -0.15) is 4.98 Å². The van der Waals surface area contributed by atoms with Crippen molar-refractivity contribution in [2.24, 2.45) is 5.92 Å². The van der Waals surface area contributed by atoms with Gasteiger partial charge in [-0.25, -0.2) is 4.39 Å². The van der Waals surface area contributed by atoms with Gasteiger partial charge in [0.2, 0.25) is 5.95 Å². The van der Waals surface area contributed by atoms with Crippen LogP contribution in [0.3, 0.4) is 0 Å². The van der Waals surface area contributed by atoms with Crippen molar-refractivity contribution in [1.29, 1.82) is 0 Å². The minimum atomic E-state index is -0.223. The topological polar surface area (TPSA) is 61.5 Å². The van der Waals surface area contributed by atoms with Crippen LogP contribution in [0.15, 0.2) is 35.1 Å². The van der Waals surface area contributed by atoms with Crippen molar-refractivity contribution in [3.05, 3.63) is 52.1 Å². The van der Waals surface area contributed by atoms with Crippen LogP contribution in [0.25, 0.3) is 0 Å². The van der Waals surface area contributed by atoms with Gasteiger partial charge in [-0.05, 0) is 36.5 Å². The first-order valence-corrected chi connectivity index (χ1v) is 9.55. The standard InChI is InChI=1S/C20H25FN4O2/c1-14-6-7-25(17(14)12-15-2-4-16(21)5-3-15)20-22-18(13-19(26)23-20)24-8-10-27-11-9-24/h2-5,13-14,17H,6-12H2,1H3,(H,22,23,26)/t14-,17-/m0/s1. The van der Waals surface area contributed by atoms with Crippen molar-refractivity contribution in [2.45, 2.75) is 25.8 Å². The van der Waals surface area contributed by atoms with Crippen LogP contribution in [-0.4, -0.2) is 48.9 Å². The van der Waals surface area contributed by atoms with E-state index >= 15 is 0 Å². The summed E-state index contributed by atoms with van der Waals surface area (Å²) in [6, 6.07) is 8.44. The largest absolute Gasteiger partial charge is 0.378 e. The normalized spacial score (nSPS) is 23.0. The summed E-state index contributed by atoms with van der Waals surface area (Å²) in [4.78, 5) is 24.2. The Morgan fingerprint density at radius 3 is 2.70 bits per heavy atom. The zero-order valence-electron chi connectivity index (χ0n) is 15.5. The Bertz CT molecular complexity index is 833. The van der Waals surface area contributed by atoms with E-state index in [-0.39, 0.29) is 17.4 Å². The Morgan fingerprint density at radius 2 is 1.96 bits per heavy atom. The Labute approximate surface area is 158 Å². The lowest BCUT2D eigenvalue weighted by atomic mass is 9.96. The highest BCUT2D eigenvalue weighted by molar-refractivity contribution is 5.45. The van der Waals surface area contributed by atoms with Gasteiger partial charge in [-0.3, -0.25) is 9.78 Å². The molecule has 6 nitrogen and oxygen atoms in total. The molecule has 2 fully saturated rings. The summed E-state index contributed by atoms with van der Waals surface area (Å²) in [7, 11) is 0. The number of nitrogens with zero attached hydrogens (tertiary/aromatic N) is 3. The Kier molecular flexibility index (Phi) is 5.11. The molecule has 0 spiro atoms. The third-order valence-corrected chi connectivity index (χ3v) is 5.56. The molecule has 0 unspecified atom stereocenters. The van der Waals surface area contributed by atoms with Crippen molar-refractivity contribution in [1.82, 2.24) is 9.97 Å². The first kappa shape index (κ1) is 18.0. The van der Waals surface area contributed by atoms with E-state index in [4.69, 9.17) is 9.72 Å². The molecule has 0 aliphatic carbocycles. The number of morpholine rings is 1. The summed E-state index contributed by atoms with van der Waals surface area (Å²) in [6.07, 6.45) is 1.84. The number of nitrogens with one attached hydrogen (secondary N) is 1. The fraction of sp³-hybridized carbons (Fsp3) is 0.500. The summed E-state index contributed by atoms with van der Waals surface area (Å²) in [5.74, 6) is 1.57. The second kappa shape index (κ2) is 7.68. The molecular formula is C20H25FN4O2. The molecule has 144 valence electrons. The van der Waals surface area contributed by atoms with E-state index in [1.165, 1.54) is 12.1 Å². The molecule has 1 aromatic heterocycles. The van der Waals surface area contributed by atoms with Gasteiger partial charge >= 0.3 is 0 Å². The SMILES string of the molecule is C[C@H]1CCN(c2nc(N3CCOCC3)cc(=O)[nH]2)[C@H]1Cc1ccc(F)cc1. The summed E-state index contributed by atoms with van der Waals surface area (Å²) < 4.78 is 18.6. The van der Waals surface area contributed by atoms with Crippen LogP contribution in [0.4, 0.5) is 16.2 Å². The number of aromatic amines is 1. The third kappa shape index (κ3) is 3.98. The number of hydrogen-bond acceptors (Lipinski definition) is 5. The summed E-state index contributed by atoms with van der Waals surface area (Å²) >= 11 is 0. The van der Waals surface area contributed by atoms with Gasteiger partial charge in [0.1, 0.15) is 11.6 Å². The van der Waals surface area contributed by atoms with Crippen molar-refractivity contribution in [2.75, 3.05) is 42.6 Å². The Hall–Kier alpha value is -2.41. The molecule has 1 aromatic carbocycles. The average Bonchev–Trinajstić information content (AvgIpc) is 3.04. The van der Waals surface area contributed by atoms with Gasteiger partial charge in [0.25, 0.3) is 5.56 Å². The van der Waals surface area contributed by atoms with E-state index in [1.807, 2.05) is 12.1 Å². The maximum atomic E-state index is 13.2. The molecule has 0 bridgehead atoms. The molecule has 4 rings (SSSR count). The van der Waals surface area contributed by atoms with Crippen LogP contribution >= 0.6 is 0 Å². The van der Waals surface area contributed by atoms with Gasteiger partial charge in [-0.1, -0.05) is 19.1 Å². The van der Waals surface area contributed by atoms with E-state index in [0.717, 1.165) is 38.0 Å². The first-order valence-electron chi connectivity index (χ1n) is 9.55. The highest BCUT2D eigenvalue weighted by Gasteiger charge is 2.33. The van der Waals surface area contributed by atoms with E-state index in [9.17, 15) is 9.18 Å². The van der Waals surface area contributed by atoms with Gasteiger partial charge < -0.3 is 14.5 Å². The highest BCUT2D eigenvalue weighted by Crippen LogP contribution is 2.30. The van der Waals surface area contributed by atoms with Gasteiger partial charge in [0.05, 0.1) is 13.2 Å². The maximum Gasteiger partial charge on any atom is 0.254 e. The number of halogens is 1. The summed E-state index contributed by atoms with van der Waals surface area (Å²) in [5, 5.41) is 0. The summed E-state index contributed by atoms with van der Waals surface area (Å²) in [5.41, 5.74) is 0.952. The molecule has 2 aliphatic rings. The smallest absolute Gasteiger partial charge is 0.254 e. The van der Waals surface area contributed by atoms with Crippen LogP contribution in [0, 0.1) is 11.7 Å². The molecule has 2 atom stereocenters. The average molecular weight is 372 g/mol. The van der Waals surface area contributed by atoms with Gasteiger partial charge in [-0.15, -0.1) is 0 Å². The van der Waals surface area contributed by atoms with Crippen molar-refractivity contribution < 1.29 is 9.13 Å². The van der Waals surface area contributed by atoms with Crippen LogP contribution < -0.4 is 15.4 Å². The van der Waals surface area contributed by atoms with Crippen LogP contribution in [0.2, 0.25) is 0 Å². The number of rotatable bonds is 4. The lowest BCUT2D eigenvalue weighted by Crippen LogP contribution is -2.39. The molecule has 0 amide bonds. The number of aromatic nitrogens is 2. The molecule has 0 radical (unpaired) electrons. The Balaban J connectivity index is 1.59. The zero-order valence-corrected chi connectivity index (χ0v) is 15.5. The number of ether oxygens (including phenoxy) is 1. The predicted octanol–water partition coefficient (Wildman–Crippen LogP) is 2.20. The number of benzene rings is 1. The van der Waals surface area contributed by atoms with E-state index in [0.29, 0.717) is 30.9 Å². The summed E-state index contributed by atoms with van der Waals surface area (Å²) in [6.45, 7) is 5.85. The molecule has 2 saturated heterocycles. The molecule has 0 saturated carbocycles. The fourth-order valence-corrected chi connectivity index (χ4v) is 3.97. The first-order chi connectivity index (χ1) is 13.1. The van der Waals surface area contributed by atoms with Gasteiger partial charge in [0.15, 0.2) is 0 Å². The van der Waals surface area contributed by atoms with E-state index in [1.54, 1.807) is 6.07 Å². The second-order valence-corrected chi connectivity index (χ2v) is 7.38.